The fourth-order valence-corrected chi connectivity index (χ4v) is 3.72. The summed E-state index contributed by atoms with van der Waals surface area (Å²) in [5.41, 5.74) is 0.315. The van der Waals surface area contributed by atoms with Gasteiger partial charge in [0.2, 0.25) is 0 Å². The van der Waals surface area contributed by atoms with Crippen LogP contribution in [0.15, 0.2) is 54.9 Å². The normalized spacial score (nSPS) is 14.7. The standard InChI is InChI=1S/C23H21F3N4O3/c1-32-20-8-11-28-29-21(20)15-9-12-30(13-10-15)22(31)19-7-6-18(14-27-19)33-17-4-2-16(3-5-17)23(24,25)26/h2-8,11,14-15H,9-10,12-13H2,1H3. The van der Waals surface area contributed by atoms with Crippen LogP contribution in [0.2, 0.25) is 0 Å². The monoisotopic (exact) mass is 458 g/mol. The molecule has 4 rings (SSSR count). The molecule has 2 aromatic heterocycles. The maximum absolute atomic E-state index is 12.8. The number of rotatable bonds is 5. The Balaban J connectivity index is 1.35. The molecule has 0 aliphatic carbocycles. The Hall–Kier alpha value is -3.69. The van der Waals surface area contributed by atoms with Crippen molar-refractivity contribution in [3.05, 3.63) is 71.8 Å². The first-order valence-corrected chi connectivity index (χ1v) is 10.3. The summed E-state index contributed by atoms with van der Waals surface area (Å²) in [5.74, 6) is 1.22. The van der Waals surface area contributed by atoms with Crippen LogP contribution in [0.5, 0.6) is 17.2 Å². The molecule has 0 radical (unpaired) electrons. The number of nitrogens with zero attached hydrogens (tertiary/aromatic N) is 4. The largest absolute Gasteiger partial charge is 0.495 e. The SMILES string of the molecule is COc1ccnnc1C1CCN(C(=O)c2ccc(Oc3ccc(C(F)(F)F)cc3)cn2)CC1. The second kappa shape index (κ2) is 9.43. The number of likely N-dealkylation sites (tertiary alicyclic amines) is 1. The second-order valence-electron chi connectivity index (χ2n) is 7.55. The van der Waals surface area contributed by atoms with Gasteiger partial charge in [0, 0.05) is 25.1 Å². The van der Waals surface area contributed by atoms with Gasteiger partial charge in [-0.2, -0.15) is 23.4 Å². The average Bonchev–Trinajstić information content (AvgIpc) is 2.84. The first kappa shape index (κ1) is 22.5. The molecule has 172 valence electrons. The van der Waals surface area contributed by atoms with E-state index in [0.29, 0.717) is 24.6 Å². The molecule has 0 N–H and O–H groups in total. The van der Waals surface area contributed by atoms with E-state index in [2.05, 4.69) is 15.2 Å². The molecule has 1 aromatic carbocycles. The second-order valence-corrected chi connectivity index (χ2v) is 7.55. The first-order chi connectivity index (χ1) is 15.8. The molecule has 7 nitrogen and oxygen atoms in total. The highest BCUT2D eigenvalue weighted by molar-refractivity contribution is 5.92. The Labute approximate surface area is 188 Å². The molecule has 0 atom stereocenters. The van der Waals surface area contributed by atoms with Crippen molar-refractivity contribution in [2.45, 2.75) is 24.9 Å². The molecule has 1 aliphatic heterocycles. The van der Waals surface area contributed by atoms with Crippen LogP contribution in [0.25, 0.3) is 0 Å². The van der Waals surface area contributed by atoms with Gasteiger partial charge >= 0.3 is 6.18 Å². The van der Waals surface area contributed by atoms with Crippen LogP contribution in [0.4, 0.5) is 13.2 Å². The number of pyridine rings is 1. The Kier molecular flexibility index (Phi) is 6.43. The summed E-state index contributed by atoms with van der Waals surface area (Å²) >= 11 is 0. The van der Waals surface area contributed by atoms with Crippen molar-refractivity contribution in [1.82, 2.24) is 20.1 Å². The Morgan fingerprint density at radius 2 is 1.73 bits per heavy atom. The Morgan fingerprint density at radius 1 is 1.03 bits per heavy atom. The van der Waals surface area contributed by atoms with Gasteiger partial charge in [0.15, 0.2) is 0 Å². The highest BCUT2D eigenvalue weighted by atomic mass is 19.4. The molecular formula is C23H21F3N4O3. The average molecular weight is 458 g/mol. The van der Waals surface area contributed by atoms with Crippen LogP contribution in [0.1, 0.15) is 40.5 Å². The Morgan fingerprint density at radius 3 is 2.33 bits per heavy atom. The summed E-state index contributed by atoms with van der Waals surface area (Å²) in [6.07, 6.45) is 0.0165. The predicted octanol–water partition coefficient (Wildman–Crippen LogP) is 4.71. The molecule has 10 heteroatoms. The van der Waals surface area contributed by atoms with Crippen molar-refractivity contribution in [3.63, 3.8) is 0 Å². The maximum Gasteiger partial charge on any atom is 0.416 e. The van der Waals surface area contributed by atoms with E-state index in [9.17, 15) is 18.0 Å². The zero-order chi connectivity index (χ0) is 23.4. The number of alkyl halides is 3. The lowest BCUT2D eigenvalue weighted by Gasteiger charge is -2.31. The number of amides is 1. The van der Waals surface area contributed by atoms with Crippen LogP contribution in [0.3, 0.4) is 0 Å². The van der Waals surface area contributed by atoms with Crippen molar-refractivity contribution in [3.8, 4) is 17.2 Å². The number of hydrogen-bond donors (Lipinski definition) is 0. The maximum atomic E-state index is 12.8. The minimum absolute atomic E-state index is 0.158. The van der Waals surface area contributed by atoms with E-state index in [4.69, 9.17) is 9.47 Å². The molecule has 0 saturated carbocycles. The molecule has 1 aliphatic rings. The van der Waals surface area contributed by atoms with Gasteiger partial charge in [-0.25, -0.2) is 4.98 Å². The minimum Gasteiger partial charge on any atom is -0.495 e. The van der Waals surface area contributed by atoms with Crippen LogP contribution in [-0.2, 0) is 6.18 Å². The third-order valence-electron chi connectivity index (χ3n) is 5.47. The number of piperidine rings is 1. The highest BCUT2D eigenvalue weighted by Crippen LogP contribution is 2.33. The summed E-state index contributed by atoms with van der Waals surface area (Å²) in [6, 6.07) is 9.24. The molecule has 1 fully saturated rings. The summed E-state index contributed by atoms with van der Waals surface area (Å²) < 4.78 is 48.9. The van der Waals surface area contributed by atoms with E-state index in [1.807, 2.05) is 0 Å². The zero-order valence-corrected chi connectivity index (χ0v) is 17.7. The van der Waals surface area contributed by atoms with Crippen LogP contribution in [0, 0.1) is 0 Å². The van der Waals surface area contributed by atoms with Gasteiger partial charge < -0.3 is 14.4 Å². The minimum atomic E-state index is -4.41. The molecule has 3 aromatic rings. The summed E-state index contributed by atoms with van der Waals surface area (Å²) in [4.78, 5) is 18.7. The van der Waals surface area contributed by atoms with Crippen molar-refractivity contribution in [1.29, 1.82) is 0 Å². The van der Waals surface area contributed by atoms with Gasteiger partial charge in [-0.3, -0.25) is 4.79 Å². The lowest BCUT2D eigenvalue weighted by atomic mass is 9.92. The fraction of sp³-hybridized carbons (Fsp3) is 0.304. The van der Waals surface area contributed by atoms with Crippen molar-refractivity contribution in [2.24, 2.45) is 0 Å². The van der Waals surface area contributed by atoms with E-state index in [-0.39, 0.29) is 23.3 Å². The number of hydrogen-bond acceptors (Lipinski definition) is 6. The van der Waals surface area contributed by atoms with Gasteiger partial charge in [0.25, 0.3) is 5.91 Å². The lowest BCUT2D eigenvalue weighted by molar-refractivity contribution is -0.137. The van der Waals surface area contributed by atoms with E-state index < -0.39 is 11.7 Å². The molecule has 0 bridgehead atoms. The van der Waals surface area contributed by atoms with E-state index in [1.165, 1.54) is 18.3 Å². The number of aromatic nitrogens is 3. The highest BCUT2D eigenvalue weighted by Gasteiger charge is 2.30. The molecule has 0 spiro atoms. The number of halogens is 3. The first-order valence-electron chi connectivity index (χ1n) is 10.3. The van der Waals surface area contributed by atoms with Gasteiger partial charge in [-0.15, -0.1) is 0 Å². The predicted molar refractivity (Wildman–Crippen MR) is 112 cm³/mol. The molecule has 1 amide bonds. The van der Waals surface area contributed by atoms with Gasteiger partial charge in [-0.05, 0) is 49.2 Å². The summed E-state index contributed by atoms with van der Waals surface area (Å²) in [6.45, 7) is 1.10. The van der Waals surface area contributed by atoms with Gasteiger partial charge in [0.05, 0.1) is 25.1 Å². The number of benzene rings is 1. The Bertz CT molecular complexity index is 1100. The quantitative estimate of drug-likeness (QED) is 0.551. The van der Waals surface area contributed by atoms with Gasteiger partial charge in [-0.1, -0.05) is 0 Å². The summed E-state index contributed by atoms with van der Waals surface area (Å²) in [7, 11) is 1.59. The van der Waals surface area contributed by atoms with E-state index in [1.54, 1.807) is 36.4 Å². The lowest BCUT2D eigenvalue weighted by Crippen LogP contribution is -2.38. The number of methoxy groups -OCH3 is 1. The third kappa shape index (κ3) is 5.21. The topological polar surface area (TPSA) is 77.4 Å². The van der Waals surface area contributed by atoms with Crippen LogP contribution in [-0.4, -0.2) is 46.2 Å². The molecule has 3 heterocycles. The molecule has 33 heavy (non-hydrogen) atoms. The molecule has 0 unspecified atom stereocenters. The van der Waals surface area contributed by atoms with Gasteiger partial charge in [0.1, 0.15) is 28.6 Å². The smallest absolute Gasteiger partial charge is 0.416 e. The van der Waals surface area contributed by atoms with E-state index in [0.717, 1.165) is 30.7 Å². The van der Waals surface area contributed by atoms with E-state index >= 15 is 0 Å². The molecule has 1 saturated heterocycles. The number of ether oxygens (including phenoxy) is 2. The van der Waals surface area contributed by atoms with Crippen LogP contribution < -0.4 is 9.47 Å². The number of carbonyl (C=O) groups excluding carboxylic acids is 1. The van der Waals surface area contributed by atoms with Crippen molar-refractivity contribution in [2.75, 3.05) is 20.2 Å². The zero-order valence-electron chi connectivity index (χ0n) is 17.7. The van der Waals surface area contributed by atoms with Crippen LogP contribution >= 0.6 is 0 Å². The summed E-state index contributed by atoms with van der Waals surface area (Å²) in [5, 5.41) is 8.14. The third-order valence-corrected chi connectivity index (χ3v) is 5.47. The van der Waals surface area contributed by atoms with Crippen molar-refractivity contribution < 1.29 is 27.4 Å². The fourth-order valence-electron chi connectivity index (χ4n) is 3.72. The van der Waals surface area contributed by atoms with Crippen molar-refractivity contribution >= 4 is 5.91 Å². The molecular weight excluding hydrogens is 437 g/mol. The number of carbonyl (C=O) groups is 1.